The zero-order valence-corrected chi connectivity index (χ0v) is 17.3. The standard InChI is InChI=1S/C24H29NO4/c1-15-21(24(27)29-16-9-4-3-5-10-16)22(17-11-6-7-14-20(17)28-2)23-18(25-15)12-8-13-19(23)26/h6-7,11,14,16,22,25H,3-5,8-10,12-13H2,1-2H3/t22-/m0/s1. The summed E-state index contributed by atoms with van der Waals surface area (Å²) in [7, 11) is 1.62. The fourth-order valence-corrected chi connectivity index (χ4v) is 4.87. The molecule has 154 valence electrons. The Hall–Kier alpha value is -2.56. The molecule has 1 heterocycles. The highest BCUT2D eigenvalue weighted by Crippen LogP contribution is 2.45. The molecular weight excluding hydrogens is 366 g/mol. The van der Waals surface area contributed by atoms with Crippen LogP contribution in [0.5, 0.6) is 5.75 Å². The molecule has 1 aromatic carbocycles. The summed E-state index contributed by atoms with van der Waals surface area (Å²) in [5.74, 6) is 0.0135. The first-order valence-electron chi connectivity index (χ1n) is 10.7. The van der Waals surface area contributed by atoms with Crippen molar-refractivity contribution in [3.8, 4) is 5.75 Å². The van der Waals surface area contributed by atoms with Gasteiger partial charge in [0.25, 0.3) is 0 Å². The highest BCUT2D eigenvalue weighted by Gasteiger charge is 2.40. The van der Waals surface area contributed by atoms with Gasteiger partial charge in [-0.1, -0.05) is 24.6 Å². The maximum Gasteiger partial charge on any atom is 0.337 e. The number of carbonyl (C=O) groups excluding carboxylic acids is 2. The number of rotatable bonds is 4. The Morgan fingerprint density at radius 2 is 1.83 bits per heavy atom. The number of nitrogens with one attached hydrogen (secondary N) is 1. The Bertz CT molecular complexity index is 877. The van der Waals surface area contributed by atoms with E-state index in [0.717, 1.165) is 55.5 Å². The zero-order valence-electron chi connectivity index (χ0n) is 17.3. The van der Waals surface area contributed by atoms with E-state index in [2.05, 4.69) is 5.32 Å². The van der Waals surface area contributed by atoms with E-state index < -0.39 is 5.92 Å². The quantitative estimate of drug-likeness (QED) is 0.759. The molecule has 5 nitrogen and oxygen atoms in total. The average molecular weight is 395 g/mol. The third-order valence-electron chi connectivity index (χ3n) is 6.27. The van der Waals surface area contributed by atoms with E-state index in [4.69, 9.17) is 9.47 Å². The molecule has 1 saturated carbocycles. The van der Waals surface area contributed by atoms with E-state index in [9.17, 15) is 9.59 Å². The lowest BCUT2D eigenvalue weighted by atomic mass is 9.75. The van der Waals surface area contributed by atoms with Crippen molar-refractivity contribution in [2.24, 2.45) is 0 Å². The molecule has 0 aromatic heterocycles. The molecule has 2 aliphatic carbocycles. The Labute approximate surface area is 172 Å². The van der Waals surface area contributed by atoms with E-state index in [1.807, 2.05) is 31.2 Å². The predicted octanol–water partition coefficient (Wildman–Crippen LogP) is 4.54. The lowest BCUT2D eigenvalue weighted by Gasteiger charge is -2.35. The largest absolute Gasteiger partial charge is 0.496 e. The van der Waals surface area contributed by atoms with Crippen molar-refractivity contribution >= 4 is 11.8 Å². The van der Waals surface area contributed by atoms with Crippen LogP contribution in [0.4, 0.5) is 0 Å². The number of allylic oxidation sites excluding steroid dienone is 3. The number of ketones is 1. The average Bonchev–Trinajstić information content (AvgIpc) is 2.73. The summed E-state index contributed by atoms with van der Waals surface area (Å²) in [5, 5.41) is 3.35. The van der Waals surface area contributed by atoms with Gasteiger partial charge in [-0.05, 0) is 51.5 Å². The van der Waals surface area contributed by atoms with Gasteiger partial charge in [-0.3, -0.25) is 4.79 Å². The molecule has 3 aliphatic rings. The number of benzene rings is 1. The topological polar surface area (TPSA) is 64.6 Å². The maximum atomic E-state index is 13.3. The second kappa shape index (κ2) is 8.44. The van der Waals surface area contributed by atoms with Crippen LogP contribution in [-0.2, 0) is 14.3 Å². The first kappa shape index (κ1) is 19.7. The normalized spacial score (nSPS) is 22.8. The molecule has 0 bridgehead atoms. The summed E-state index contributed by atoms with van der Waals surface area (Å²) in [6, 6.07) is 7.65. The van der Waals surface area contributed by atoms with Gasteiger partial charge in [0.05, 0.1) is 18.6 Å². The van der Waals surface area contributed by atoms with Crippen LogP contribution in [0.2, 0.25) is 0 Å². The van der Waals surface area contributed by atoms with Gasteiger partial charge >= 0.3 is 5.97 Å². The van der Waals surface area contributed by atoms with Crippen LogP contribution in [0.1, 0.15) is 69.8 Å². The van der Waals surface area contributed by atoms with Crippen molar-refractivity contribution in [1.82, 2.24) is 5.32 Å². The Morgan fingerprint density at radius 3 is 2.59 bits per heavy atom. The smallest absolute Gasteiger partial charge is 0.337 e. The van der Waals surface area contributed by atoms with E-state index in [1.165, 1.54) is 6.42 Å². The number of para-hydroxylation sites is 1. The second-order valence-electron chi connectivity index (χ2n) is 8.17. The lowest BCUT2D eigenvalue weighted by Crippen LogP contribution is -2.35. The van der Waals surface area contributed by atoms with Gasteiger partial charge in [-0.15, -0.1) is 0 Å². The van der Waals surface area contributed by atoms with Crippen molar-refractivity contribution < 1.29 is 19.1 Å². The molecule has 1 N–H and O–H groups in total. The predicted molar refractivity (Wildman–Crippen MR) is 110 cm³/mol. The molecule has 4 rings (SSSR count). The SMILES string of the molecule is COc1ccccc1[C@H]1C(C(=O)OC2CCCCC2)=C(C)NC2=C1C(=O)CCC2. The number of hydrogen-bond donors (Lipinski definition) is 1. The summed E-state index contributed by atoms with van der Waals surface area (Å²) in [6.45, 7) is 1.91. The molecule has 1 atom stereocenters. The third-order valence-corrected chi connectivity index (χ3v) is 6.27. The second-order valence-corrected chi connectivity index (χ2v) is 8.17. The number of methoxy groups -OCH3 is 1. The summed E-state index contributed by atoms with van der Waals surface area (Å²) in [5.41, 5.74) is 3.78. The van der Waals surface area contributed by atoms with Crippen molar-refractivity contribution in [2.75, 3.05) is 7.11 Å². The molecule has 0 unspecified atom stereocenters. The number of Topliss-reactive ketones (excluding diaryl/α,β-unsaturated/α-hetero) is 1. The molecule has 0 radical (unpaired) electrons. The first-order chi connectivity index (χ1) is 14.1. The molecule has 1 aromatic rings. The highest BCUT2D eigenvalue weighted by molar-refractivity contribution is 6.04. The number of esters is 1. The number of hydrogen-bond acceptors (Lipinski definition) is 5. The van der Waals surface area contributed by atoms with Crippen LogP contribution in [0.15, 0.2) is 46.8 Å². The van der Waals surface area contributed by atoms with E-state index >= 15 is 0 Å². The molecule has 0 amide bonds. The highest BCUT2D eigenvalue weighted by atomic mass is 16.5. The zero-order chi connectivity index (χ0) is 20.4. The molecule has 29 heavy (non-hydrogen) atoms. The van der Waals surface area contributed by atoms with Crippen LogP contribution in [0.3, 0.4) is 0 Å². The maximum absolute atomic E-state index is 13.3. The van der Waals surface area contributed by atoms with Gasteiger partial charge in [-0.25, -0.2) is 4.79 Å². The molecule has 0 saturated heterocycles. The minimum Gasteiger partial charge on any atom is -0.496 e. The minimum atomic E-state index is -0.453. The summed E-state index contributed by atoms with van der Waals surface area (Å²) in [4.78, 5) is 26.3. The first-order valence-corrected chi connectivity index (χ1v) is 10.7. The number of dihydropyridines is 1. The van der Waals surface area contributed by atoms with Gasteiger partial charge in [-0.2, -0.15) is 0 Å². The van der Waals surface area contributed by atoms with Crippen LogP contribution >= 0.6 is 0 Å². The van der Waals surface area contributed by atoms with E-state index in [-0.39, 0.29) is 17.9 Å². The van der Waals surface area contributed by atoms with Gasteiger partial charge in [0.15, 0.2) is 5.78 Å². The van der Waals surface area contributed by atoms with Crippen LogP contribution in [-0.4, -0.2) is 25.0 Å². The monoisotopic (exact) mass is 395 g/mol. The van der Waals surface area contributed by atoms with Crippen LogP contribution < -0.4 is 10.1 Å². The van der Waals surface area contributed by atoms with Gasteiger partial charge in [0, 0.05) is 29.0 Å². The van der Waals surface area contributed by atoms with E-state index in [0.29, 0.717) is 23.3 Å². The molecule has 1 fully saturated rings. The fraction of sp³-hybridized carbons (Fsp3) is 0.500. The molecule has 5 heteroatoms. The summed E-state index contributed by atoms with van der Waals surface area (Å²) < 4.78 is 11.5. The number of ether oxygens (including phenoxy) is 2. The van der Waals surface area contributed by atoms with Gasteiger partial charge < -0.3 is 14.8 Å². The van der Waals surface area contributed by atoms with Crippen molar-refractivity contribution in [1.29, 1.82) is 0 Å². The fourth-order valence-electron chi connectivity index (χ4n) is 4.87. The lowest BCUT2D eigenvalue weighted by molar-refractivity contribution is -0.146. The van der Waals surface area contributed by atoms with Crippen LogP contribution in [0, 0.1) is 0 Å². The summed E-state index contributed by atoms with van der Waals surface area (Å²) in [6.07, 6.45) is 7.34. The molecular formula is C24H29NO4. The Balaban J connectivity index is 1.77. The van der Waals surface area contributed by atoms with Crippen LogP contribution in [0.25, 0.3) is 0 Å². The molecule has 1 aliphatic heterocycles. The van der Waals surface area contributed by atoms with Gasteiger partial charge in [0.1, 0.15) is 11.9 Å². The van der Waals surface area contributed by atoms with Gasteiger partial charge in [0.2, 0.25) is 0 Å². The Kier molecular flexibility index (Phi) is 5.74. The molecule has 0 spiro atoms. The number of carbonyl (C=O) groups is 2. The minimum absolute atomic E-state index is 0.0349. The Morgan fingerprint density at radius 1 is 1.07 bits per heavy atom. The van der Waals surface area contributed by atoms with Crippen molar-refractivity contribution in [3.05, 3.63) is 52.4 Å². The van der Waals surface area contributed by atoms with E-state index in [1.54, 1.807) is 7.11 Å². The van der Waals surface area contributed by atoms with Crippen molar-refractivity contribution in [2.45, 2.75) is 70.3 Å². The third kappa shape index (κ3) is 3.83. The van der Waals surface area contributed by atoms with Crippen molar-refractivity contribution in [3.63, 3.8) is 0 Å². The summed E-state index contributed by atoms with van der Waals surface area (Å²) >= 11 is 0.